The van der Waals surface area contributed by atoms with E-state index in [0.29, 0.717) is 11.8 Å². The van der Waals surface area contributed by atoms with Crippen molar-refractivity contribution in [2.24, 2.45) is 0 Å². The van der Waals surface area contributed by atoms with Crippen molar-refractivity contribution in [3.05, 3.63) is 95.9 Å². The molecule has 0 aliphatic heterocycles. The summed E-state index contributed by atoms with van der Waals surface area (Å²) < 4.78 is 24.2. The zero-order valence-electron chi connectivity index (χ0n) is 20.9. The fourth-order valence-corrected chi connectivity index (χ4v) is 5.48. The second-order valence-electron chi connectivity index (χ2n) is 10.3. The quantitative estimate of drug-likeness (QED) is 0.318. The molecule has 2 aromatic heterocycles. The van der Waals surface area contributed by atoms with E-state index in [2.05, 4.69) is 68.1 Å². The highest BCUT2D eigenvalue weighted by molar-refractivity contribution is 7.91. The third-order valence-corrected chi connectivity index (χ3v) is 9.75. The minimum atomic E-state index is -3.33. The van der Waals surface area contributed by atoms with Crippen LogP contribution in [0.15, 0.2) is 79.0 Å². The highest BCUT2D eigenvalue weighted by Crippen LogP contribution is 2.53. The molecule has 1 saturated carbocycles. The van der Waals surface area contributed by atoms with E-state index in [1.165, 1.54) is 11.8 Å². The molecule has 0 spiro atoms. The first-order valence-electron chi connectivity index (χ1n) is 12.3. The first-order chi connectivity index (χ1) is 17.7. The summed E-state index contributed by atoms with van der Waals surface area (Å²) in [6.45, 7) is 3.51. The van der Waals surface area contributed by atoms with Crippen molar-refractivity contribution in [2.45, 2.75) is 36.9 Å². The third kappa shape index (κ3) is 4.21. The van der Waals surface area contributed by atoms with Crippen LogP contribution in [0.5, 0.6) is 0 Å². The van der Waals surface area contributed by atoms with Gasteiger partial charge in [0.05, 0.1) is 10.3 Å². The summed E-state index contributed by atoms with van der Waals surface area (Å²) in [6, 6.07) is 24.8. The van der Waals surface area contributed by atoms with Crippen LogP contribution in [0, 0.1) is 0 Å². The van der Waals surface area contributed by atoms with Crippen LogP contribution in [-0.2, 0) is 14.6 Å². The monoisotopic (exact) mass is 509 g/mol. The number of aromatic amines is 1. The molecule has 1 aliphatic carbocycles. The largest absolute Gasteiger partial charge is 0.256 e. The third-order valence-electron chi connectivity index (χ3n) is 7.66. The normalized spacial score (nSPS) is 17.7. The van der Waals surface area contributed by atoms with Crippen LogP contribution < -0.4 is 0 Å². The summed E-state index contributed by atoms with van der Waals surface area (Å²) in [4.78, 5) is 4.65. The van der Waals surface area contributed by atoms with Crippen LogP contribution >= 0.6 is 0 Å². The summed E-state index contributed by atoms with van der Waals surface area (Å²) in [5.74, 6) is 1.54. The molecule has 3 aromatic carbocycles. The van der Waals surface area contributed by atoms with Crippen molar-refractivity contribution in [3.63, 3.8) is 0 Å². The molecule has 0 bridgehead atoms. The SMILES string of the molecule is CC(C)(c1cc(-c2cccc(-c3ccc(C4CC4c4nn[nH]n4)cc3)c2)c2ncccc2c1)S(C)(=O)=O. The lowest BCUT2D eigenvalue weighted by molar-refractivity contribution is 0.561. The Morgan fingerprint density at radius 2 is 1.68 bits per heavy atom. The van der Waals surface area contributed by atoms with Crippen molar-refractivity contribution in [3.8, 4) is 22.3 Å². The average molecular weight is 510 g/mol. The Labute approximate surface area is 215 Å². The van der Waals surface area contributed by atoms with E-state index in [-0.39, 0.29) is 0 Å². The number of benzene rings is 3. The summed E-state index contributed by atoms with van der Waals surface area (Å²) in [5.41, 5.74) is 7.00. The van der Waals surface area contributed by atoms with Gasteiger partial charge in [-0.2, -0.15) is 5.21 Å². The van der Waals surface area contributed by atoms with Gasteiger partial charge < -0.3 is 0 Å². The Bertz CT molecular complexity index is 1710. The maximum absolute atomic E-state index is 12.6. The van der Waals surface area contributed by atoms with Gasteiger partial charge in [0.1, 0.15) is 0 Å². The van der Waals surface area contributed by atoms with Gasteiger partial charge in [-0.15, -0.1) is 10.2 Å². The van der Waals surface area contributed by atoms with E-state index in [4.69, 9.17) is 0 Å². The van der Waals surface area contributed by atoms with Gasteiger partial charge in [0, 0.05) is 29.3 Å². The molecule has 6 rings (SSSR count). The average Bonchev–Trinajstić information content (AvgIpc) is 3.51. The van der Waals surface area contributed by atoms with Crippen molar-refractivity contribution in [1.82, 2.24) is 25.6 Å². The molecular weight excluding hydrogens is 482 g/mol. The Kier molecular flexibility index (Phi) is 5.45. The fraction of sp³-hybridized carbons (Fsp3) is 0.241. The van der Waals surface area contributed by atoms with Gasteiger partial charge >= 0.3 is 0 Å². The molecule has 1 fully saturated rings. The summed E-state index contributed by atoms with van der Waals surface area (Å²) in [7, 11) is -3.33. The highest BCUT2D eigenvalue weighted by atomic mass is 32.2. The maximum Gasteiger partial charge on any atom is 0.178 e. The minimum Gasteiger partial charge on any atom is -0.256 e. The molecule has 37 heavy (non-hydrogen) atoms. The second-order valence-corrected chi connectivity index (χ2v) is 12.9. The molecule has 1 N–H and O–H groups in total. The first kappa shape index (κ1) is 23.5. The smallest absolute Gasteiger partial charge is 0.178 e. The first-order valence-corrected chi connectivity index (χ1v) is 14.1. The zero-order valence-corrected chi connectivity index (χ0v) is 21.7. The number of aromatic nitrogens is 5. The molecule has 0 radical (unpaired) electrons. The van der Waals surface area contributed by atoms with Crippen molar-refractivity contribution < 1.29 is 8.42 Å². The molecule has 186 valence electrons. The van der Waals surface area contributed by atoms with Gasteiger partial charge in [0.2, 0.25) is 0 Å². The molecule has 0 saturated heterocycles. The molecule has 7 nitrogen and oxygen atoms in total. The van der Waals surface area contributed by atoms with Crippen LogP contribution in [0.3, 0.4) is 0 Å². The van der Waals surface area contributed by atoms with Crippen molar-refractivity contribution in [2.75, 3.05) is 6.26 Å². The number of hydrogen-bond acceptors (Lipinski definition) is 6. The predicted octanol–water partition coefficient (Wildman–Crippen LogP) is 5.63. The number of pyridine rings is 1. The predicted molar refractivity (Wildman–Crippen MR) is 145 cm³/mol. The minimum absolute atomic E-state index is 0.331. The Balaban J connectivity index is 1.37. The number of H-pyrrole nitrogens is 1. The van der Waals surface area contributed by atoms with Crippen LogP contribution in [0.4, 0.5) is 0 Å². The van der Waals surface area contributed by atoms with Gasteiger partial charge in [-0.05, 0) is 78.3 Å². The van der Waals surface area contributed by atoms with E-state index in [9.17, 15) is 8.42 Å². The fourth-order valence-electron chi connectivity index (χ4n) is 4.94. The molecule has 1 aliphatic rings. The Morgan fingerprint density at radius 3 is 2.41 bits per heavy atom. The second kappa shape index (κ2) is 8.59. The summed E-state index contributed by atoms with van der Waals surface area (Å²) in [6.07, 6.45) is 4.10. The number of nitrogens with zero attached hydrogens (tertiary/aromatic N) is 4. The lowest BCUT2D eigenvalue weighted by atomic mass is 9.92. The standard InChI is InChI=1S/C29H27N5O2S/c1-29(2,37(3,35)36)23-15-22-8-5-13-30-27(22)25(16-23)21-7-4-6-20(14-21)18-9-11-19(12-10-18)24-17-26(24)28-31-33-34-32-28/h4-16,24,26H,17H2,1-3H3,(H,31,32,33,34). The van der Waals surface area contributed by atoms with Gasteiger partial charge in [-0.1, -0.05) is 53.7 Å². The molecule has 8 heteroatoms. The van der Waals surface area contributed by atoms with Crippen molar-refractivity contribution in [1.29, 1.82) is 0 Å². The zero-order chi connectivity index (χ0) is 25.8. The van der Waals surface area contributed by atoms with Crippen LogP contribution in [0.25, 0.3) is 33.2 Å². The van der Waals surface area contributed by atoms with E-state index < -0.39 is 14.6 Å². The topological polar surface area (TPSA) is 101 Å². The number of tetrazole rings is 1. The number of sulfone groups is 1. The molecule has 0 amide bonds. The van der Waals surface area contributed by atoms with Gasteiger partial charge in [0.25, 0.3) is 0 Å². The lowest BCUT2D eigenvalue weighted by Gasteiger charge is -2.24. The van der Waals surface area contributed by atoms with Gasteiger partial charge in [-0.3, -0.25) is 4.98 Å². The van der Waals surface area contributed by atoms with E-state index in [0.717, 1.165) is 51.0 Å². The van der Waals surface area contributed by atoms with Crippen LogP contribution in [0.2, 0.25) is 0 Å². The molecule has 5 aromatic rings. The number of hydrogen-bond donors (Lipinski definition) is 1. The van der Waals surface area contributed by atoms with Crippen LogP contribution in [-0.4, -0.2) is 40.3 Å². The number of fused-ring (bicyclic) bond motifs is 1. The van der Waals surface area contributed by atoms with Gasteiger partial charge in [-0.25, -0.2) is 8.42 Å². The molecule has 2 unspecified atom stereocenters. The molecule has 2 heterocycles. The van der Waals surface area contributed by atoms with Crippen LogP contribution in [0.1, 0.15) is 49.1 Å². The Morgan fingerprint density at radius 1 is 0.892 bits per heavy atom. The molecular formula is C29H27N5O2S. The lowest BCUT2D eigenvalue weighted by Crippen LogP contribution is -2.28. The van der Waals surface area contributed by atoms with E-state index >= 15 is 0 Å². The highest BCUT2D eigenvalue weighted by Gasteiger charge is 2.42. The summed E-state index contributed by atoms with van der Waals surface area (Å²) >= 11 is 0. The van der Waals surface area contributed by atoms with E-state index in [1.807, 2.05) is 30.3 Å². The number of nitrogens with one attached hydrogen (secondary N) is 1. The molecule has 2 atom stereocenters. The maximum atomic E-state index is 12.6. The number of rotatable bonds is 6. The van der Waals surface area contributed by atoms with Crippen molar-refractivity contribution >= 4 is 20.7 Å². The van der Waals surface area contributed by atoms with E-state index in [1.54, 1.807) is 20.0 Å². The Hall–Kier alpha value is -3.91. The summed E-state index contributed by atoms with van der Waals surface area (Å²) in [5, 5.41) is 15.4. The van der Waals surface area contributed by atoms with Gasteiger partial charge in [0.15, 0.2) is 15.7 Å².